The van der Waals surface area contributed by atoms with E-state index >= 15 is 0 Å². The van der Waals surface area contributed by atoms with E-state index in [9.17, 15) is 9.59 Å². The molecule has 1 aromatic heterocycles. The Bertz CT molecular complexity index is 661. The molecule has 2 saturated heterocycles. The summed E-state index contributed by atoms with van der Waals surface area (Å²) in [4.78, 5) is 36.4. The monoisotopic (exact) mass is 397 g/mol. The lowest BCUT2D eigenvalue weighted by Gasteiger charge is -2.30. The van der Waals surface area contributed by atoms with Crippen LogP contribution in [0.4, 0.5) is 5.82 Å². The molecule has 26 heavy (non-hydrogen) atoms. The molecule has 0 aliphatic carbocycles. The molecule has 3 heterocycles. The largest absolute Gasteiger partial charge is 0.369 e. The minimum absolute atomic E-state index is 0.0287. The Kier molecular flexibility index (Phi) is 6.58. The zero-order valence-corrected chi connectivity index (χ0v) is 16.3. The Hall–Kier alpha value is -1.54. The van der Waals surface area contributed by atoms with Crippen molar-refractivity contribution in [3.8, 4) is 0 Å². The summed E-state index contributed by atoms with van der Waals surface area (Å²) < 4.78 is 0. The normalized spacial score (nSPS) is 18.8. The van der Waals surface area contributed by atoms with Crippen molar-refractivity contribution in [2.75, 3.05) is 36.8 Å². The topological polar surface area (TPSA) is 92.4 Å². The number of primary amides is 1. The molecule has 0 saturated carbocycles. The number of thioether (sulfide) groups is 1. The first-order valence-electron chi connectivity index (χ1n) is 9.02. The zero-order valence-electron chi connectivity index (χ0n) is 14.7. The third-order valence-electron chi connectivity index (χ3n) is 4.92. The average Bonchev–Trinajstić information content (AvgIpc) is 2.66. The van der Waals surface area contributed by atoms with E-state index < -0.39 is 0 Å². The number of rotatable bonds is 5. The van der Waals surface area contributed by atoms with Gasteiger partial charge in [-0.2, -0.15) is 0 Å². The summed E-state index contributed by atoms with van der Waals surface area (Å²) in [6, 6.07) is 1.79. The van der Waals surface area contributed by atoms with Gasteiger partial charge in [-0.1, -0.05) is 23.4 Å². The van der Waals surface area contributed by atoms with Gasteiger partial charge in [-0.05, 0) is 32.1 Å². The van der Waals surface area contributed by atoms with E-state index in [1.165, 1.54) is 18.2 Å². The van der Waals surface area contributed by atoms with Crippen LogP contribution < -0.4 is 10.6 Å². The van der Waals surface area contributed by atoms with Crippen molar-refractivity contribution in [3.05, 3.63) is 11.2 Å². The molecular weight excluding hydrogens is 374 g/mol. The maximum atomic E-state index is 12.4. The highest BCUT2D eigenvalue weighted by atomic mass is 35.5. The lowest BCUT2D eigenvalue weighted by Crippen LogP contribution is -2.42. The maximum absolute atomic E-state index is 12.4. The van der Waals surface area contributed by atoms with Gasteiger partial charge >= 0.3 is 0 Å². The highest BCUT2D eigenvalue weighted by Crippen LogP contribution is 2.25. The molecule has 1 aromatic rings. The molecule has 0 aromatic carbocycles. The Morgan fingerprint density at radius 2 is 1.85 bits per heavy atom. The Morgan fingerprint density at radius 3 is 2.50 bits per heavy atom. The van der Waals surface area contributed by atoms with Gasteiger partial charge in [0.15, 0.2) is 5.16 Å². The van der Waals surface area contributed by atoms with Crippen molar-refractivity contribution in [2.24, 2.45) is 11.7 Å². The molecule has 2 amide bonds. The smallest absolute Gasteiger partial charge is 0.233 e. The van der Waals surface area contributed by atoms with E-state index in [1.54, 1.807) is 11.0 Å². The van der Waals surface area contributed by atoms with Crippen LogP contribution in [-0.4, -0.2) is 58.6 Å². The van der Waals surface area contributed by atoms with Crippen molar-refractivity contribution < 1.29 is 9.59 Å². The third-order valence-corrected chi connectivity index (χ3v) is 5.94. The van der Waals surface area contributed by atoms with E-state index in [2.05, 4.69) is 14.9 Å². The van der Waals surface area contributed by atoms with Crippen molar-refractivity contribution in [1.82, 2.24) is 14.9 Å². The van der Waals surface area contributed by atoms with Gasteiger partial charge in [0.25, 0.3) is 0 Å². The van der Waals surface area contributed by atoms with Gasteiger partial charge in [-0.3, -0.25) is 9.59 Å². The number of likely N-dealkylation sites (tertiary alicyclic amines) is 1. The predicted molar refractivity (Wildman–Crippen MR) is 102 cm³/mol. The molecule has 0 unspecified atom stereocenters. The number of amides is 2. The number of nitrogens with zero attached hydrogens (tertiary/aromatic N) is 4. The SMILES string of the molecule is NC(=O)C1CCN(C(=O)CSc2nc(Cl)cc(N3CCCCC3)n2)CC1. The summed E-state index contributed by atoms with van der Waals surface area (Å²) >= 11 is 7.45. The van der Waals surface area contributed by atoms with E-state index in [1.807, 2.05) is 0 Å². The number of piperidine rings is 2. The average molecular weight is 398 g/mol. The molecule has 0 bridgehead atoms. The van der Waals surface area contributed by atoms with Gasteiger partial charge in [0, 0.05) is 38.2 Å². The molecule has 0 atom stereocenters. The van der Waals surface area contributed by atoms with E-state index in [-0.39, 0.29) is 23.5 Å². The minimum Gasteiger partial charge on any atom is -0.369 e. The molecule has 0 spiro atoms. The molecule has 0 radical (unpaired) electrons. The van der Waals surface area contributed by atoms with Crippen molar-refractivity contribution in [1.29, 1.82) is 0 Å². The van der Waals surface area contributed by atoms with Gasteiger partial charge in [0.05, 0.1) is 5.75 Å². The van der Waals surface area contributed by atoms with Crippen LogP contribution in [0.15, 0.2) is 11.2 Å². The van der Waals surface area contributed by atoms with Crippen LogP contribution in [0.25, 0.3) is 0 Å². The summed E-state index contributed by atoms with van der Waals surface area (Å²) in [5, 5.41) is 0.927. The van der Waals surface area contributed by atoms with E-state index in [4.69, 9.17) is 17.3 Å². The Morgan fingerprint density at radius 1 is 1.15 bits per heavy atom. The molecule has 2 fully saturated rings. The number of halogens is 1. The van der Waals surface area contributed by atoms with Crippen LogP contribution in [0.5, 0.6) is 0 Å². The van der Waals surface area contributed by atoms with Gasteiger partial charge in [0.1, 0.15) is 11.0 Å². The second-order valence-corrected chi connectivity index (χ2v) is 8.06. The first kappa shape index (κ1) is 19.2. The molecule has 2 N–H and O–H groups in total. The van der Waals surface area contributed by atoms with Gasteiger partial charge < -0.3 is 15.5 Å². The number of carbonyl (C=O) groups is 2. The second kappa shape index (κ2) is 8.90. The molecule has 9 heteroatoms. The standard InChI is InChI=1S/C17H24ClN5O2S/c18-13-10-14(22-6-2-1-3-7-22)21-17(20-13)26-11-15(24)23-8-4-12(5-9-23)16(19)25/h10,12H,1-9,11H2,(H2,19,25). The quantitative estimate of drug-likeness (QED) is 0.463. The van der Waals surface area contributed by atoms with Crippen LogP contribution in [0.2, 0.25) is 5.15 Å². The van der Waals surface area contributed by atoms with Crippen LogP contribution in [0.3, 0.4) is 0 Å². The summed E-state index contributed by atoms with van der Waals surface area (Å²) in [5.41, 5.74) is 5.33. The number of hydrogen-bond acceptors (Lipinski definition) is 6. The molecular formula is C17H24ClN5O2S. The number of aromatic nitrogens is 2. The number of carbonyl (C=O) groups excluding carboxylic acids is 2. The number of hydrogen-bond donors (Lipinski definition) is 1. The van der Waals surface area contributed by atoms with Crippen molar-refractivity contribution >= 4 is 41.0 Å². The van der Waals surface area contributed by atoms with E-state index in [0.717, 1.165) is 31.7 Å². The predicted octanol–water partition coefficient (Wildman–Crippen LogP) is 1.94. The summed E-state index contributed by atoms with van der Waals surface area (Å²) in [6.45, 7) is 3.10. The molecule has 3 rings (SSSR count). The summed E-state index contributed by atoms with van der Waals surface area (Å²) in [7, 11) is 0. The fourth-order valence-corrected chi connectivity index (χ4v) is 4.35. The minimum atomic E-state index is -0.274. The van der Waals surface area contributed by atoms with Gasteiger partial charge in [-0.25, -0.2) is 9.97 Å². The third kappa shape index (κ3) is 5.01. The van der Waals surface area contributed by atoms with Crippen molar-refractivity contribution in [2.45, 2.75) is 37.3 Å². The number of nitrogens with two attached hydrogens (primary N) is 1. The molecule has 7 nitrogen and oxygen atoms in total. The second-order valence-electron chi connectivity index (χ2n) is 6.73. The molecule has 2 aliphatic rings. The highest BCUT2D eigenvalue weighted by molar-refractivity contribution is 7.99. The maximum Gasteiger partial charge on any atom is 0.233 e. The Labute approximate surface area is 162 Å². The lowest BCUT2D eigenvalue weighted by molar-refractivity contribution is -0.132. The summed E-state index contributed by atoms with van der Waals surface area (Å²) in [6.07, 6.45) is 4.84. The van der Waals surface area contributed by atoms with Crippen LogP contribution in [0, 0.1) is 5.92 Å². The van der Waals surface area contributed by atoms with Gasteiger partial charge in [-0.15, -0.1) is 0 Å². The van der Waals surface area contributed by atoms with E-state index in [0.29, 0.717) is 36.2 Å². The van der Waals surface area contributed by atoms with Crippen molar-refractivity contribution in [3.63, 3.8) is 0 Å². The van der Waals surface area contributed by atoms with Crippen LogP contribution in [0.1, 0.15) is 32.1 Å². The first-order chi connectivity index (χ1) is 12.5. The van der Waals surface area contributed by atoms with Crippen LogP contribution >= 0.6 is 23.4 Å². The first-order valence-corrected chi connectivity index (χ1v) is 10.4. The van der Waals surface area contributed by atoms with Crippen LogP contribution in [-0.2, 0) is 9.59 Å². The highest BCUT2D eigenvalue weighted by Gasteiger charge is 2.26. The molecule has 142 valence electrons. The fraction of sp³-hybridized carbons (Fsp3) is 0.647. The molecule has 2 aliphatic heterocycles. The number of anilines is 1. The fourth-order valence-electron chi connectivity index (χ4n) is 3.37. The summed E-state index contributed by atoms with van der Waals surface area (Å²) in [5.74, 6) is 0.739. The lowest BCUT2D eigenvalue weighted by atomic mass is 9.96. The Balaban J connectivity index is 1.55. The zero-order chi connectivity index (χ0) is 18.5. The van der Waals surface area contributed by atoms with Gasteiger partial charge in [0.2, 0.25) is 11.8 Å².